The first-order valence-electron chi connectivity index (χ1n) is 6.24. The lowest BCUT2D eigenvalue weighted by Gasteiger charge is -2.18. The van der Waals surface area contributed by atoms with Gasteiger partial charge in [0.25, 0.3) is 0 Å². The Labute approximate surface area is 120 Å². The highest BCUT2D eigenvalue weighted by Gasteiger charge is 2.18. The fraction of sp³-hybridized carbons (Fsp3) is 0.333. The number of hydrogen-bond donors (Lipinski definition) is 0. The maximum absolute atomic E-state index is 6.53. The number of rotatable bonds is 2. The summed E-state index contributed by atoms with van der Waals surface area (Å²) in [4.78, 5) is 0. The molecule has 0 radical (unpaired) electrons. The predicted octanol–water partition coefficient (Wildman–Crippen LogP) is 5.25. The van der Waals surface area contributed by atoms with Crippen molar-refractivity contribution in [3.8, 4) is 0 Å². The van der Waals surface area contributed by atoms with Crippen LogP contribution >= 0.6 is 27.5 Å². The van der Waals surface area contributed by atoms with Gasteiger partial charge in [0.15, 0.2) is 4.67 Å². The first-order valence-corrected chi connectivity index (χ1v) is 7.47. The molecule has 0 bridgehead atoms. The summed E-state index contributed by atoms with van der Waals surface area (Å²) in [5.74, 6) is 0. The summed E-state index contributed by atoms with van der Waals surface area (Å²) in [5.41, 5.74) is 5.09. The first-order chi connectivity index (χ1) is 8.75. The molecule has 0 fully saturated rings. The molecule has 1 heterocycles. The molecule has 0 saturated carbocycles. The van der Waals surface area contributed by atoms with Crippen molar-refractivity contribution < 1.29 is 4.42 Å². The van der Waals surface area contributed by atoms with Crippen LogP contribution in [-0.4, -0.2) is 0 Å². The Hall–Kier alpha value is -0.730. The maximum atomic E-state index is 6.53. The van der Waals surface area contributed by atoms with E-state index in [1.54, 1.807) is 6.26 Å². The Morgan fingerprint density at radius 1 is 1.11 bits per heavy atom. The van der Waals surface area contributed by atoms with Crippen molar-refractivity contribution in [1.82, 2.24) is 0 Å². The molecule has 1 unspecified atom stereocenters. The molecule has 3 heteroatoms. The standard InChI is InChI=1S/C15H14BrClO/c16-15-13(7-8-18-15)14(17)12-6-5-10-3-1-2-4-11(10)9-12/h5-9,14H,1-4H2. The van der Waals surface area contributed by atoms with Crippen LogP contribution in [0.15, 0.2) is 39.6 Å². The zero-order valence-electron chi connectivity index (χ0n) is 9.96. The molecule has 2 aromatic rings. The van der Waals surface area contributed by atoms with Crippen LogP contribution in [-0.2, 0) is 12.8 Å². The van der Waals surface area contributed by atoms with Crippen LogP contribution in [0.25, 0.3) is 0 Å². The van der Waals surface area contributed by atoms with Gasteiger partial charge in [-0.15, -0.1) is 11.6 Å². The van der Waals surface area contributed by atoms with E-state index in [1.807, 2.05) is 6.07 Å². The fourth-order valence-electron chi connectivity index (χ4n) is 2.58. The zero-order valence-corrected chi connectivity index (χ0v) is 12.3. The highest BCUT2D eigenvalue weighted by Crippen LogP contribution is 2.36. The van der Waals surface area contributed by atoms with Gasteiger partial charge in [0.05, 0.1) is 11.6 Å². The van der Waals surface area contributed by atoms with Crippen LogP contribution < -0.4 is 0 Å². The summed E-state index contributed by atoms with van der Waals surface area (Å²) in [6, 6.07) is 8.54. The van der Waals surface area contributed by atoms with Gasteiger partial charge in [0.2, 0.25) is 0 Å². The number of hydrogen-bond acceptors (Lipinski definition) is 1. The number of benzene rings is 1. The minimum Gasteiger partial charge on any atom is -0.457 e. The molecule has 1 aromatic heterocycles. The van der Waals surface area contributed by atoms with Crippen LogP contribution in [0.1, 0.15) is 40.5 Å². The van der Waals surface area contributed by atoms with Crippen molar-refractivity contribution in [2.24, 2.45) is 0 Å². The number of furan rings is 1. The molecule has 1 nitrogen and oxygen atoms in total. The highest BCUT2D eigenvalue weighted by molar-refractivity contribution is 9.10. The second-order valence-corrected chi connectivity index (χ2v) is 5.90. The molecule has 0 N–H and O–H groups in total. The molecular weight excluding hydrogens is 312 g/mol. The Balaban J connectivity index is 1.95. The van der Waals surface area contributed by atoms with Crippen LogP contribution in [0.3, 0.4) is 0 Å². The molecule has 0 spiro atoms. The van der Waals surface area contributed by atoms with Crippen molar-refractivity contribution in [1.29, 1.82) is 0 Å². The Morgan fingerprint density at radius 2 is 1.89 bits per heavy atom. The van der Waals surface area contributed by atoms with E-state index in [-0.39, 0.29) is 5.38 Å². The molecule has 1 aliphatic rings. The van der Waals surface area contributed by atoms with Gasteiger partial charge in [0.1, 0.15) is 0 Å². The van der Waals surface area contributed by atoms with E-state index in [0.717, 1.165) is 15.8 Å². The molecule has 0 aliphatic heterocycles. The van der Waals surface area contributed by atoms with Gasteiger partial charge in [0, 0.05) is 5.56 Å². The summed E-state index contributed by atoms with van der Waals surface area (Å²) >= 11 is 9.92. The van der Waals surface area contributed by atoms with E-state index in [9.17, 15) is 0 Å². The summed E-state index contributed by atoms with van der Waals surface area (Å²) in [7, 11) is 0. The largest absolute Gasteiger partial charge is 0.457 e. The molecule has 94 valence electrons. The lowest BCUT2D eigenvalue weighted by Crippen LogP contribution is -2.04. The van der Waals surface area contributed by atoms with Gasteiger partial charge in [-0.25, -0.2) is 0 Å². The number of aryl methyl sites for hydroxylation is 2. The van der Waals surface area contributed by atoms with Crippen molar-refractivity contribution in [2.45, 2.75) is 31.1 Å². The summed E-state index contributed by atoms with van der Waals surface area (Å²) < 4.78 is 5.97. The average Bonchev–Trinajstić information content (AvgIpc) is 2.83. The highest BCUT2D eigenvalue weighted by atomic mass is 79.9. The van der Waals surface area contributed by atoms with E-state index >= 15 is 0 Å². The Kier molecular flexibility index (Phi) is 3.49. The number of alkyl halides is 1. The van der Waals surface area contributed by atoms with Crippen molar-refractivity contribution in [3.05, 3.63) is 57.5 Å². The quantitative estimate of drug-likeness (QED) is 0.687. The van der Waals surface area contributed by atoms with Crippen molar-refractivity contribution >= 4 is 27.5 Å². The van der Waals surface area contributed by atoms with E-state index in [4.69, 9.17) is 16.0 Å². The Morgan fingerprint density at radius 3 is 2.61 bits per heavy atom. The first kappa shape index (κ1) is 12.3. The van der Waals surface area contributed by atoms with E-state index in [0.29, 0.717) is 0 Å². The van der Waals surface area contributed by atoms with E-state index in [1.165, 1.54) is 36.8 Å². The third-order valence-corrected chi connectivity index (χ3v) is 4.72. The summed E-state index contributed by atoms with van der Waals surface area (Å²) in [6.45, 7) is 0. The minimum atomic E-state index is -0.148. The van der Waals surface area contributed by atoms with Gasteiger partial charge in [-0.2, -0.15) is 0 Å². The van der Waals surface area contributed by atoms with Gasteiger partial charge in [-0.1, -0.05) is 18.2 Å². The molecule has 18 heavy (non-hydrogen) atoms. The monoisotopic (exact) mass is 324 g/mol. The fourth-order valence-corrected chi connectivity index (χ4v) is 3.48. The minimum absolute atomic E-state index is 0.148. The second-order valence-electron chi connectivity index (χ2n) is 4.75. The lowest BCUT2D eigenvalue weighted by atomic mass is 9.89. The van der Waals surface area contributed by atoms with Gasteiger partial charge < -0.3 is 4.42 Å². The molecule has 0 amide bonds. The third-order valence-electron chi connectivity index (χ3n) is 3.58. The summed E-state index contributed by atoms with van der Waals surface area (Å²) in [5, 5.41) is -0.148. The smallest absolute Gasteiger partial charge is 0.173 e. The van der Waals surface area contributed by atoms with Crippen molar-refractivity contribution in [2.75, 3.05) is 0 Å². The summed E-state index contributed by atoms with van der Waals surface area (Å²) in [6.07, 6.45) is 6.65. The molecule has 1 aliphatic carbocycles. The van der Waals surface area contributed by atoms with Crippen LogP contribution in [0.2, 0.25) is 0 Å². The van der Waals surface area contributed by atoms with Crippen LogP contribution in [0, 0.1) is 0 Å². The molecule has 1 aromatic carbocycles. The maximum Gasteiger partial charge on any atom is 0.173 e. The van der Waals surface area contributed by atoms with E-state index < -0.39 is 0 Å². The van der Waals surface area contributed by atoms with Gasteiger partial charge >= 0.3 is 0 Å². The lowest BCUT2D eigenvalue weighted by molar-refractivity contribution is 0.537. The normalized spacial score (nSPS) is 16.3. The van der Waals surface area contributed by atoms with Crippen molar-refractivity contribution in [3.63, 3.8) is 0 Å². The average molecular weight is 326 g/mol. The molecule has 0 saturated heterocycles. The van der Waals surface area contributed by atoms with E-state index in [2.05, 4.69) is 34.1 Å². The van der Waals surface area contributed by atoms with Crippen LogP contribution in [0.5, 0.6) is 0 Å². The van der Waals surface area contributed by atoms with Gasteiger partial charge in [-0.05, 0) is 64.4 Å². The molecule has 1 atom stereocenters. The SMILES string of the molecule is ClC(c1ccc2c(c1)CCCC2)c1ccoc1Br. The topological polar surface area (TPSA) is 13.1 Å². The molecular formula is C15H14BrClO. The Bertz CT molecular complexity index is 561. The van der Waals surface area contributed by atoms with Crippen LogP contribution in [0.4, 0.5) is 0 Å². The zero-order chi connectivity index (χ0) is 12.5. The third kappa shape index (κ3) is 2.24. The number of fused-ring (bicyclic) bond motifs is 1. The predicted molar refractivity (Wildman–Crippen MR) is 77.2 cm³/mol. The van der Waals surface area contributed by atoms with Gasteiger partial charge in [-0.3, -0.25) is 0 Å². The molecule has 3 rings (SSSR count). The second kappa shape index (κ2) is 5.10. The number of halogens is 2.